The van der Waals surface area contributed by atoms with E-state index in [4.69, 9.17) is 9.15 Å². The first kappa shape index (κ1) is 22.4. The molecule has 1 atom stereocenters. The van der Waals surface area contributed by atoms with Crippen molar-refractivity contribution in [1.29, 1.82) is 0 Å². The molecular formula is C27H27NO5. The van der Waals surface area contributed by atoms with Crippen molar-refractivity contribution in [3.05, 3.63) is 101 Å². The Morgan fingerprint density at radius 1 is 1.09 bits per heavy atom. The van der Waals surface area contributed by atoms with Crippen molar-refractivity contribution in [1.82, 2.24) is 4.90 Å². The van der Waals surface area contributed by atoms with Crippen LogP contribution in [-0.4, -0.2) is 21.7 Å². The number of hydrogen-bond donors (Lipinski definition) is 1. The molecule has 1 N–H and O–H groups in total. The van der Waals surface area contributed by atoms with E-state index in [0.29, 0.717) is 23.7 Å². The molecule has 0 bridgehead atoms. The number of rotatable bonds is 9. The molecular weight excluding hydrogens is 418 g/mol. The minimum atomic E-state index is -0.728. The van der Waals surface area contributed by atoms with Crippen molar-refractivity contribution in [3.8, 4) is 5.75 Å². The lowest BCUT2D eigenvalue weighted by Crippen LogP contribution is -2.30. The summed E-state index contributed by atoms with van der Waals surface area (Å²) >= 11 is 0. The zero-order chi connectivity index (χ0) is 23.4. The van der Waals surface area contributed by atoms with Gasteiger partial charge >= 0.3 is 0 Å². The molecule has 0 saturated heterocycles. The lowest BCUT2D eigenvalue weighted by Gasteiger charge is -2.26. The Balaban J connectivity index is 1.66. The number of nitrogens with zero attached hydrogens (tertiary/aromatic N) is 1. The Hall–Kier alpha value is -3.80. The number of carbonyl (C=O) groups excluding carboxylic acids is 2. The second-order valence-electron chi connectivity index (χ2n) is 8.55. The van der Waals surface area contributed by atoms with Crippen molar-refractivity contribution in [3.63, 3.8) is 0 Å². The predicted molar refractivity (Wildman–Crippen MR) is 123 cm³/mol. The zero-order valence-electron chi connectivity index (χ0n) is 18.7. The molecule has 0 spiro atoms. The minimum absolute atomic E-state index is 0.0909. The maximum Gasteiger partial charge on any atom is 0.290 e. The molecule has 33 heavy (non-hydrogen) atoms. The SMILES string of the molecule is CC(C)CC(=O)C1=C(O)C(=O)N(Cc2ccco2)C1c1cccc(OCc2ccccc2)c1. The maximum atomic E-state index is 13.1. The Bertz CT molecular complexity index is 1150. The summed E-state index contributed by atoms with van der Waals surface area (Å²) in [5.41, 5.74) is 1.85. The second-order valence-corrected chi connectivity index (χ2v) is 8.55. The number of ketones is 1. The molecule has 1 amide bonds. The summed E-state index contributed by atoms with van der Waals surface area (Å²) in [6.45, 7) is 4.39. The van der Waals surface area contributed by atoms with Crippen LogP contribution in [0.1, 0.15) is 43.2 Å². The van der Waals surface area contributed by atoms with Crippen molar-refractivity contribution in [2.24, 2.45) is 5.92 Å². The molecule has 1 aliphatic heterocycles. The van der Waals surface area contributed by atoms with E-state index < -0.39 is 17.7 Å². The fraction of sp³-hybridized carbons (Fsp3) is 0.259. The Kier molecular flexibility index (Phi) is 6.63. The average molecular weight is 446 g/mol. The fourth-order valence-corrected chi connectivity index (χ4v) is 4.01. The van der Waals surface area contributed by atoms with Crippen LogP contribution in [-0.2, 0) is 22.7 Å². The Morgan fingerprint density at radius 3 is 2.58 bits per heavy atom. The van der Waals surface area contributed by atoms with Gasteiger partial charge in [0.15, 0.2) is 11.5 Å². The van der Waals surface area contributed by atoms with Gasteiger partial charge in [0.1, 0.15) is 18.1 Å². The number of ether oxygens (including phenoxy) is 1. The number of amides is 1. The molecule has 0 radical (unpaired) electrons. The maximum absolute atomic E-state index is 13.1. The van der Waals surface area contributed by atoms with Crippen LogP contribution in [0.2, 0.25) is 0 Å². The van der Waals surface area contributed by atoms with E-state index in [1.165, 1.54) is 11.2 Å². The van der Waals surface area contributed by atoms with Gasteiger partial charge in [-0.05, 0) is 41.3 Å². The van der Waals surface area contributed by atoms with Crippen LogP contribution in [0.25, 0.3) is 0 Å². The minimum Gasteiger partial charge on any atom is -0.503 e. The number of benzene rings is 2. The summed E-state index contributed by atoms with van der Waals surface area (Å²) in [5.74, 6) is -0.0440. The smallest absolute Gasteiger partial charge is 0.290 e. The van der Waals surface area contributed by atoms with E-state index in [-0.39, 0.29) is 30.2 Å². The summed E-state index contributed by atoms with van der Waals surface area (Å²) in [7, 11) is 0. The quantitative estimate of drug-likeness (QED) is 0.479. The first-order valence-electron chi connectivity index (χ1n) is 11.0. The van der Waals surface area contributed by atoms with Crippen molar-refractivity contribution in [2.45, 2.75) is 39.5 Å². The molecule has 0 saturated carbocycles. The first-order valence-corrected chi connectivity index (χ1v) is 11.0. The van der Waals surface area contributed by atoms with Gasteiger partial charge in [0.05, 0.1) is 24.4 Å². The predicted octanol–water partition coefficient (Wildman–Crippen LogP) is 5.37. The highest BCUT2D eigenvalue weighted by molar-refractivity contribution is 6.09. The van der Waals surface area contributed by atoms with Gasteiger partial charge in [0.2, 0.25) is 0 Å². The average Bonchev–Trinajstić information content (AvgIpc) is 3.40. The summed E-state index contributed by atoms with van der Waals surface area (Å²) < 4.78 is 11.4. The van der Waals surface area contributed by atoms with Crippen molar-refractivity contribution >= 4 is 11.7 Å². The van der Waals surface area contributed by atoms with Gasteiger partial charge in [-0.25, -0.2) is 0 Å². The molecule has 2 heterocycles. The molecule has 3 aromatic rings. The van der Waals surface area contributed by atoms with Gasteiger partial charge in [-0.1, -0.05) is 56.3 Å². The number of aliphatic hydroxyl groups excluding tert-OH is 1. The third-order valence-electron chi connectivity index (χ3n) is 5.53. The number of aliphatic hydroxyl groups is 1. The van der Waals surface area contributed by atoms with Gasteiger partial charge in [-0.15, -0.1) is 0 Å². The van der Waals surface area contributed by atoms with Crippen LogP contribution in [0.5, 0.6) is 5.75 Å². The van der Waals surface area contributed by atoms with Crippen LogP contribution >= 0.6 is 0 Å². The summed E-state index contributed by atoms with van der Waals surface area (Å²) in [6, 6.07) is 19.9. The number of carbonyl (C=O) groups is 2. The van der Waals surface area contributed by atoms with Gasteiger partial charge in [0.25, 0.3) is 5.91 Å². The third kappa shape index (κ3) is 5.00. The zero-order valence-corrected chi connectivity index (χ0v) is 18.7. The summed E-state index contributed by atoms with van der Waals surface area (Å²) in [4.78, 5) is 27.6. The van der Waals surface area contributed by atoms with Crippen LogP contribution in [0, 0.1) is 5.92 Å². The topological polar surface area (TPSA) is 80.0 Å². The molecule has 2 aromatic carbocycles. The first-order chi connectivity index (χ1) is 15.9. The normalized spacial score (nSPS) is 16.0. The highest BCUT2D eigenvalue weighted by Crippen LogP contribution is 2.40. The molecule has 4 rings (SSSR count). The largest absolute Gasteiger partial charge is 0.503 e. The molecule has 6 nitrogen and oxygen atoms in total. The molecule has 1 unspecified atom stereocenters. The van der Waals surface area contributed by atoms with E-state index in [1.807, 2.05) is 68.4 Å². The number of hydrogen-bond acceptors (Lipinski definition) is 5. The lowest BCUT2D eigenvalue weighted by atomic mass is 9.92. The molecule has 1 aliphatic rings. The van der Waals surface area contributed by atoms with Gasteiger partial charge in [-0.2, -0.15) is 0 Å². The monoisotopic (exact) mass is 445 g/mol. The van der Waals surface area contributed by atoms with Crippen LogP contribution < -0.4 is 4.74 Å². The van der Waals surface area contributed by atoms with E-state index in [1.54, 1.807) is 12.1 Å². The van der Waals surface area contributed by atoms with Gasteiger partial charge < -0.3 is 19.2 Å². The van der Waals surface area contributed by atoms with Crippen molar-refractivity contribution < 1.29 is 23.8 Å². The Labute approximate surface area is 193 Å². The summed E-state index contributed by atoms with van der Waals surface area (Å²) in [5, 5.41) is 10.7. The third-order valence-corrected chi connectivity index (χ3v) is 5.53. The van der Waals surface area contributed by atoms with Crippen LogP contribution in [0.3, 0.4) is 0 Å². The van der Waals surface area contributed by atoms with Gasteiger partial charge in [-0.3, -0.25) is 9.59 Å². The van der Waals surface area contributed by atoms with E-state index in [0.717, 1.165) is 5.56 Å². The highest BCUT2D eigenvalue weighted by Gasteiger charge is 2.43. The van der Waals surface area contributed by atoms with Crippen LogP contribution in [0.15, 0.2) is 88.7 Å². The Morgan fingerprint density at radius 2 is 1.88 bits per heavy atom. The van der Waals surface area contributed by atoms with Crippen LogP contribution in [0.4, 0.5) is 0 Å². The van der Waals surface area contributed by atoms with Crippen molar-refractivity contribution in [2.75, 3.05) is 0 Å². The molecule has 1 aromatic heterocycles. The second kappa shape index (κ2) is 9.77. The highest BCUT2D eigenvalue weighted by atomic mass is 16.5. The summed E-state index contributed by atoms with van der Waals surface area (Å²) in [6.07, 6.45) is 1.77. The molecule has 6 heteroatoms. The van der Waals surface area contributed by atoms with E-state index in [9.17, 15) is 14.7 Å². The van der Waals surface area contributed by atoms with Gasteiger partial charge in [0, 0.05) is 6.42 Å². The molecule has 0 fully saturated rings. The number of furan rings is 1. The number of Topliss-reactive ketones (excluding diaryl/α,β-unsaturated/α-hetero) is 1. The standard InChI is InChI=1S/C27H27NO5/c1-18(2)14-23(29)24-25(28(27(31)26(24)30)16-22-12-7-13-32-22)20-10-6-11-21(15-20)33-17-19-8-4-3-5-9-19/h3-13,15,18,25,30H,14,16-17H2,1-2H3. The molecule has 170 valence electrons. The lowest BCUT2D eigenvalue weighted by molar-refractivity contribution is -0.130. The molecule has 0 aliphatic carbocycles. The fourth-order valence-electron chi connectivity index (χ4n) is 4.01. The van der Waals surface area contributed by atoms with E-state index in [2.05, 4.69) is 0 Å². The van der Waals surface area contributed by atoms with E-state index >= 15 is 0 Å².